The highest BCUT2D eigenvalue weighted by Gasteiger charge is 2.10. The van der Waals surface area contributed by atoms with Gasteiger partial charge in [-0.15, -0.1) is 0 Å². The summed E-state index contributed by atoms with van der Waals surface area (Å²) < 4.78 is 10.6. The first-order chi connectivity index (χ1) is 13.5. The summed E-state index contributed by atoms with van der Waals surface area (Å²) in [7, 11) is 0. The number of ether oxygens (including phenoxy) is 2. The number of aryl methyl sites for hydroxylation is 2. The molecule has 4 heteroatoms. The Kier molecular flexibility index (Phi) is 7.52. The van der Waals surface area contributed by atoms with Gasteiger partial charge in [0.1, 0.15) is 11.5 Å². The van der Waals surface area contributed by atoms with E-state index in [0.29, 0.717) is 22.6 Å². The van der Waals surface area contributed by atoms with Gasteiger partial charge in [0.2, 0.25) is 0 Å². The average molecular weight is 376 g/mol. The van der Waals surface area contributed by atoms with Crippen LogP contribution < -0.4 is 9.47 Å². The first-order valence-electron chi connectivity index (χ1n) is 9.19. The summed E-state index contributed by atoms with van der Waals surface area (Å²) in [6.45, 7) is 7.90. The fourth-order valence-electron chi connectivity index (χ4n) is 2.29. The molecule has 0 N–H and O–H groups in total. The molecule has 28 heavy (non-hydrogen) atoms. The predicted octanol–water partition coefficient (Wildman–Crippen LogP) is 5.77. The lowest BCUT2D eigenvalue weighted by Crippen LogP contribution is -2.09. The average Bonchev–Trinajstić information content (AvgIpc) is 2.72. The predicted molar refractivity (Wildman–Crippen MR) is 110 cm³/mol. The third-order valence-electron chi connectivity index (χ3n) is 3.82. The van der Waals surface area contributed by atoms with Crippen molar-refractivity contribution in [3.8, 4) is 11.5 Å². The van der Waals surface area contributed by atoms with Gasteiger partial charge in [0.25, 0.3) is 0 Å². The van der Waals surface area contributed by atoms with Crippen molar-refractivity contribution in [2.75, 3.05) is 0 Å². The normalized spacial score (nSPS) is 9.71. The van der Waals surface area contributed by atoms with Gasteiger partial charge in [0.05, 0.1) is 11.1 Å². The zero-order chi connectivity index (χ0) is 20.5. The summed E-state index contributed by atoms with van der Waals surface area (Å²) >= 11 is 0. The van der Waals surface area contributed by atoms with Gasteiger partial charge in [-0.1, -0.05) is 49.2 Å². The number of carbonyl (C=O) groups excluding carboxylic acids is 2. The van der Waals surface area contributed by atoms with Gasteiger partial charge in [-0.3, -0.25) is 0 Å². The molecule has 0 atom stereocenters. The van der Waals surface area contributed by atoms with Crippen molar-refractivity contribution in [1.29, 1.82) is 0 Å². The summed E-state index contributed by atoms with van der Waals surface area (Å²) in [4.78, 5) is 24.2. The molecule has 0 fully saturated rings. The second-order valence-electron chi connectivity index (χ2n) is 5.98. The van der Waals surface area contributed by atoms with Crippen LogP contribution in [-0.2, 0) is 0 Å². The number of hydrogen-bond acceptors (Lipinski definition) is 4. The highest BCUT2D eigenvalue weighted by atomic mass is 16.5. The van der Waals surface area contributed by atoms with Gasteiger partial charge in [0.15, 0.2) is 0 Å². The quantitative estimate of drug-likeness (QED) is 0.428. The number of rotatable bonds is 4. The van der Waals surface area contributed by atoms with E-state index in [1.54, 1.807) is 48.5 Å². The molecule has 3 aromatic rings. The van der Waals surface area contributed by atoms with Crippen LogP contribution >= 0.6 is 0 Å². The van der Waals surface area contributed by atoms with Gasteiger partial charge < -0.3 is 9.47 Å². The van der Waals surface area contributed by atoms with E-state index in [9.17, 15) is 9.59 Å². The molecule has 3 aromatic carbocycles. The summed E-state index contributed by atoms with van der Waals surface area (Å²) in [6, 6.07) is 20.6. The maximum atomic E-state index is 12.1. The summed E-state index contributed by atoms with van der Waals surface area (Å²) in [5.41, 5.74) is 3.10. The molecule has 0 saturated heterocycles. The topological polar surface area (TPSA) is 52.6 Å². The summed E-state index contributed by atoms with van der Waals surface area (Å²) in [5, 5.41) is 0. The van der Waals surface area contributed by atoms with E-state index >= 15 is 0 Å². The Morgan fingerprint density at radius 2 is 0.821 bits per heavy atom. The van der Waals surface area contributed by atoms with Crippen LogP contribution in [0.2, 0.25) is 0 Å². The molecule has 0 aliphatic rings. The molecule has 0 aromatic heterocycles. The smallest absolute Gasteiger partial charge is 0.343 e. The van der Waals surface area contributed by atoms with Crippen LogP contribution in [0.5, 0.6) is 11.5 Å². The molecule has 0 radical (unpaired) electrons. The van der Waals surface area contributed by atoms with Gasteiger partial charge in [0, 0.05) is 0 Å². The molecule has 0 unspecified atom stereocenters. The lowest BCUT2D eigenvalue weighted by atomic mass is 10.1. The van der Waals surface area contributed by atoms with Crippen LogP contribution in [0.1, 0.15) is 45.7 Å². The van der Waals surface area contributed by atoms with Crippen molar-refractivity contribution in [2.45, 2.75) is 27.7 Å². The highest BCUT2D eigenvalue weighted by molar-refractivity contribution is 5.91. The monoisotopic (exact) mass is 376 g/mol. The standard InChI is InChI=1S/C22H18O4.C2H6/c1-15-3-7-17(8-4-15)21(23)25-19-11-13-20(14-12-19)26-22(24)18-9-5-16(2)6-10-18;1-2/h3-14H,1-2H3;1-2H3. The number of hydrogen-bond donors (Lipinski definition) is 0. The second kappa shape index (κ2) is 10.1. The van der Waals surface area contributed by atoms with Crippen LogP contribution in [0.3, 0.4) is 0 Å². The van der Waals surface area contributed by atoms with Crippen molar-refractivity contribution in [1.82, 2.24) is 0 Å². The van der Waals surface area contributed by atoms with Crippen LogP contribution in [0.25, 0.3) is 0 Å². The number of esters is 2. The Bertz CT molecular complexity index is 830. The van der Waals surface area contributed by atoms with Crippen LogP contribution in [0, 0.1) is 13.8 Å². The lowest BCUT2D eigenvalue weighted by molar-refractivity contribution is 0.0719. The zero-order valence-corrected chi connectivity index (χ0v) is 16.6. The van der Waals surface area contributed by atoms with Gasteiger partial charge in [-0.25, -0.2) is 9.59 Å². The molecule has 3 rings (SSSR count). The SMILES string of the molecule is CC.Cc1ccc(C(=O)Oc2ccc(OC(=O)c3ccc(C)cc3)cc2)cc1. The Morgan fingerprint density at radius 1 is 0.536 bits per heavy atom. The van der Waals surface area contributed by atoms with E-state index in [1.807, 2.05) is 52.0 Å². The highest BCUT2D eigenvalue weighted by Crippen LogP contribution is 2.20. The molecule has 0 aliphatic carbocycles. The summed E-state index contributed by atoms with van der Waals surface area (Å²) in [6.07, 6.45) is 0. The minimum atomic E-state index is -0.436. The minimum absolute atomic E-state index is 0.380. The zero-order valence-electron chi connectivity index (χ0n) is 16.6. The van der Waals surface area contributed by atoms with Crippen molar-refractivity contribution in [3.63, 3.8) is 0 Å². The third kappa shape index (κ3) is 5.81. The largest absolute Gasteiger partial charge is 0.423 e. The first-order valence-corrected chi connectivity index (χ1v) is 9.19. The molecule has 0 heterocycles. The van der Waals surface area contributed by atoms with E-state index < -0.39 is 11.9 Å². The van der Waals surface area contributed by atoms with Gasteiger partial charge in [-0.2, -0.15) is 0 Å². The fourth-order valence-corrected chi connectivity index (χ4v) is 2.29. The van der Waals surface area contributed by atoms with E-state index in [4.69, 9.17) is 9.47 Å². The second-order valence-corrected chi connectivity index (χ2v) is 5.98. The molecule has 0 amide bonds. The van der Waals surface area contributed by atoms with E-state index in [1.165, 1.54) is 0 Å². The van der Waals surface area contributed by atoms with E-state index in [2.05, 4.69) is 0 Å². The summed E-state index contributed by atoms with van der Waals surface area (Å²) in [5.74, 6) is -0.111. The molecule has 4 nitrogen and oxygen atoms in total. The van der Waals surface area contributed by atoms with Crippen molar-refractivity contribution < 1.29 is 19.1 Å². The third-order valence-corrected chi connectivity index (χ3v) is 3.82. The van der Waals surface area contributed by atoms with Crippen LogP contribution in [0.15, 0.2) is 72.8 Å². The fraction of sp³-hybridized carbons (Fsp3) is 0.167. The Labute approximate surface area is 165 Å². The Balaban J connectivity index is 0.00000136. The van der Waals surface area contributed by atoms with Gasteiger partial charge >= 0.3 is 11.9 Å². The molecular formula is C24H24O4. The minimum Gasteiger partial charge on any atom is -0.423 e. The number of benzene rings is 3. The first kappa shape index (κ1) is 20.9. The molecular weight excluding hydrogens is 352 g/mol. The Hall–Kier alpha value is -3.40. The van der Waals surface area contributed by atoms with E-state index in [-0.39, 0.29) is 0 Å². The molecule has 0 spiro atoms. The van der Waals surface area contributed by atoms with Crippen molar-refractivity contribution >= 4 is 11.9 Å². The van der Waals surface area contributed by atoms with Crippen LogP contribution in [0.4, 0.5) is 0 Å². The van der Waals surface area contributed by atoms with E-state index in [0.717, 1.165) is 11.1 Å². The maximum absolute atomic E-state index is 12.1. The molecule has 0 saturated carbocycles. The Morgan fingerprint density at radius 3 is 1.11 bits per heavy atom. The van der Waals surface area contributed by atoms with Crippen molar-refractivity contribution in [2.24, 2.45) is 0 Å². The molecule has 144 valence electrons. The van der Waals surface area contributed by atoms with Gasteiger partial charge in [-0.05, 0) is 62.4 Å². The lowest BCUT2D eigenvalue weighted by Gasteiger charge is -2.07. The number of carbonyl (C=O) groups is 2. The van der Waals surface area contributed by atoms with Crippen LogP contribution in [-0.4, -0.2) is 11.9 Å². The molecule has 0 bridgehead atoms. The maximum Gasteiger partial charge on any atom is 0.343 e. The van der Waals surface area contributed by atoms with Crippen molar-refractivity contribution in [3.05, 3.63) is 95.1 Å². The molecule has 0 aliphatic heterocycles.